The van der Waals surface area contributed by atoms with Gasteiger partial charge in [-0.3, -0.25) is 4.79 Å². The van der Waals surface area contributed by atoms with Crippen molar-refractivity contribution < 1.29 is 4.79 Å². The molecule has 0 fully saturated rings. The van der Waals surface area contributed by atoms with Crippen LogP contribution in [0, 0.1) is 0 Å². The largest absolute Gasteiger partial charge is 0.374 e. The average molecular weight is 294 g/mol. The van der Waals surface area contributed by atoms with Gasteiger partial charge in [0, 0.05) is 12.2 Å². The maximum Gasteiger partial charge on any atom is 0.242 e. The molecular formula is C19H22N2O. The van der Waals surface area contributed by atoms with Crippen LogP contribution in [0.25, 0.3) is 0 Å². The molecule has 114 valence electrons. The molecule has 22 heavy (non-hydrogen) atoms. The highest BCUT2D eigenvalue weighted by molar-refractivity contribution is 5.84. The van der Waals surface area contributed by atoms with Crippen LogP contribution in [-0.4, -0.2) is 11.9 Å². The second-order valence-corrected chi connectivity index (χ2v) is 5.91. The third-order valence-electron chi connectivity index (χ3n) is 4.18. The van der Waals surface area contributed by atoms with Crippen molar-refractivity contribution in [1.29, 1.82) is 0 Å². The summed E-state index contributed by atoms with van der Waals surface area (Å²) >= 11 is 0. The molecule has 2 aromatic carbocycles. The molecule has 3 heteroatoms. The number of hydrogen-bond acceptors (Lipinski definition) is 2. The second-order valence-electron chi connectivity index (χ2n) is 5.91. The first kappa shape index (κ1) is 14.6. The smallest absolute Gasteiger partial charge is 0.242 e. The van der Waals surface area contributed by atoms with Crippen molar-refractivity contribution in [3.8, 4) is 0 Å². The minimum atomic E-state index is -0.247. The van der Waals surface area contributed by atoms with Crippen molar-refractivity contribution >= 4 is 11.6 Å². The van der Waals surface area contributed by atoms with Crippen molar-refractivity contribution in [2.75, 3.05) is 5.32 Å². The summed E-state index contributed by atoms with van der Waals surface area (Å²) < 4.78 is 0. The van der Waals surface area contributed by atoms with E-state index in [4.69, 9.17) is 0 Å². The van der Waals surface area contributed by atoms with Crippen molar-refractivity contribution in [3.63, 3.8) is 0 Å². The van der Waals surface area contributed by atoms with Gasteiger partial charge in [-0.05, 0) is 55.0 Å². The zero-order valence-electron chi connectivity index (χ0n) is 12.9. The summed E-state index contributed by atoms with van der Waals surface area (Å²) in [5.41, 5.74) is 5.01. The normalized spacial score (nSPS) is 14.2. The number of fused-ring (bicyclic) bond motifs is 1. The number of benzene rings is 2. The van der Waals surface area contributed by atoms with E-state index in [1.165, 1.54) is 24.0 Å². The minimum absolute atomic E-state index is 0.0179. The van der Waals surface area contributed by atoms with E-state index < -0.39 is 0 Å². The maximum absolute atomic E-state index is 12.2. The van der Waals surface area contributed by atoms with Crippen molar-refractivity contribution in [2.24, 2.45) is 0 Å². The predicted octanol–water partition coefficient (Wildman–Crippen LogP) is 3.29. The Bertz CT molecular complexity index is 652. The summed E-state index contributed by atoms with van der Waals surface area (Å²) in [6.45, 7) is 2.46. The Balaban J connectivity index is 1.55. The molecule has 0 spiro atoms. The molecule has 0 saturated carbocycles. The molecular weight excluding hydrogens is 272 g/mol. The average Bonchev–Trinajstić information content (AvgIpc) is 3.01. The number of hydrogen-bond donors (Lipinski definition) is 2. The van der Waals surface area contributed by atoms with E-state index in [1.807, 2.05) is 37.3 Å². The quantitative estimate of drug-likeness (QED) is 0.888. The molecule has 0 bridgehead atoms. The molecule has 0 unspecified atom stereocenters. The Morgan fingerprint density at radius 2 is 1.86 bits per heavy atom. The van der Waals surface area contributed by atoms with Gasteiger partial charge in [0.15, 0.2) is 0 Å². The summed E-state index contributed by atoms with van der Waals surface area (Å²) in [5.74, 6) is 0.0179. The van der Waals surface area contributed by atoms with Crippen molar-refractivity contribution in [2.45, 2.75) is 38.8 Å². The third kappa shape index (κ3) is 3.48. The van der Waals surface area contributed by atoms with Gasteiger partial charge in [-0.1, -0.05) is 36.4 Å². The molecule has 0 saturated heterocycles. The SMILES string of the molecule is C[C@@H](Nc1ccc2c(c1)CCC2)C(=O)NCc1ccccc1. The van der Waals surface area contributed by atoms with E-state index in [-0.39, 0.29) is 11.9 Å². The number of rotatable bonds is 5. The van der Waals surface area contributed by atoms with Gasteiger partial charge in [0.1, 0.15) is 6.04 Å². The van der Waals surface area contributed by atoms with E-state index in [1.54, 1.807) is 0 Å². The lowest BCUT2D eigenvalue weighted by molar-refractivity contribution is -0.121. The monoisotopic (exact) mass is 294 g/mol. The van der Waals surface area contributed by atoms with Gasteiger partial charge in [-0.15, -0.1) is 0 Å². The number of aryl methyl sites for hydroxylation is 2. The van der Waals surface area contributed by atoms with Gasteiger partial charge in [0.2, 0.25) is 5.91 Å². The molecule has 0 aliphatic heterocycles. The van der Waals surface area contributed by atoms with Crippen molar-refractivity contribution in [3.05, 3.63) is 65.2 Å². The maximum atomic E-state index is 12.2. The first-order valence-electron chi connectivity index (χ1n) is 7.92. The van der Waals surface area contributed by atoms with Crippen LogP contribution >= 0.6 is 0 Å². The van der Waals surface area contributed by atoms with Gasteiger partial charge in [0.05, 0.1) is 0 Å². The molecule has 0 heterocycles. The van der Waals surface area contributed by atoms with Crippen LogP contribution in [0.3, 0.4) is 0 Å². The lowest BCUT2D eigenvalue weighted by Crippen LogP contribution is -2.37. The highest BCUT2D eigenvalue weighted by Crippen LogP contribution is 2.25. The summed E-state index contributed by atoms with van der Waals surface area (Å²) in [6.07, 6.45) is 3.58. The molecule has 1 aliphatic carbocycles. The van der Waals surface area contributed by atoms with E-state index in [2.05, 4.69) is 28.8 Å². The van der Waals surface area contributed by atoms with Crippen LogP contribution in [0.5, 0.6) is 0 Å². The standard InChI is InChI=1S/C19H22N2O/c1-14(19(22)20-13-15-6-3-2-4-7-15)21-18-11-10-16-8-5-9-17(16)12-18/h2-4,6-7,10-12,14,21H,5,8-9,13H2,1H3,(H,20,22)/t14-/m1/s1. The number of anilines is 1. The molecule has 1 amide bonds. The predicted molar refractivity (Wildman–Crippen MR) is 89.8 cm³/mol. The van der Waals surface area contributed by atoms with Crippen LogP contribution in [0.1, 0.15) is 30.0 Å². The fourth-order valence-electron chi connectivity index (χ4n) is 2.92. The Morgan fingerprint density at radius 3 is 2.68 bits per heavy atom. The van der Waals surface area contributed by atoms with Crippen LogP contribution < -0.4 is 10.6 Å². The third-order valence-corrected chi connectivity index (χ3v) is 4.18. The minimum Gasteiger partial charge on any atom is -0.374 e. The highest BCUT2D eigenvalue weighted by Gasteiger charge is 2.15. The van der Waals surface area contributed by atoms with Gasteiger partial charge in [0.25, 0.3) is 0 Å². The van der Waals surface area contributed by atoms with E-state index in [0.29, 0.717) is 6.54 Å². The number of carbonyl (C=O) groups excluding carboxylic acids is 1. The zero-order valence-corrected chi connectivity index (χ0v) is 12.9. The molecule has 2 aromatic rings. The summed E-state index contributed by atoms with van der Waals surface area (Å²) in [7, 11) is 0. The molecule has 3 rings (SSSR count). The Labute approximate surface area is 131 Å². The van der Waals surface area contributed by atoms with Gasteiger partial charge < -0.3 is 10.6 Å². The van der Waals surface area contributed by atoms with Crippen molar-refractivity contribution in [1.82, 2.24) is 5.32 Å². The zero-order chi connectivity index (χ0) is 15.4. The van der Waals surface area contributed by atoms with Gasteiger partial charge in [-0.25, -0.2) is 0 Å². The van der Waals surface area contributed by atoms with Crippen LogP contribution in [0.15, 0.2) is 48.5 Å². The number of carbonyl (C=O) groups is 1. The molecule has 3 nitrogen and oxygen atoms in total. The molecule has 1 atom stereocenters. The fourth-order valence-corrected chi connectivity index (χ4v) is 2.92. The molecule has 0 radical (unpaired) electrons. The lowest BCUT2D eigenvalue weighted by Gasteiger charge is -2.16. The first-order chi connectivity index (χ1) is 10.7. The van der Waals surface area contributed by atoms with E-state index in [0.717, 1.165) is 17.7 Å². The summed E-state index contributed by atoms with van der Waals surface area (Å²) in [5, 5.41) is 6.27. The molecule has 2 N–H and O–H groups in total. The lowest BCUT2D eigenvalue weighted by atomic mass is 10.1. The second kappa shape index (κ2) is 6.65. The number of nitrogens with one attached hydrogen (secondary N) is 2. The van der Waals surface area contributed by atoms with Gasteiger partial charge >= 0.3 is 0 Å². The fraction of sp³-hybridized carbons (Fsp3) is 0.316. The van der Waals surface area contributed by atoms with Gasteiger partial charge in [-0.2, -0.15) is 0 Å². The Morgan fingerprint density at radius 1 is 1.09 bits per heavy atom. The summed E-state index contributed by atoms with van der Waals surface area (Å²) in [6, 6.07) is 16.2. The van der Waals surface area contributed by atoms with E-state index in [9.17, 15) is 4.79 Å². The highest BCUT2D eigenvalue weighted by atomic mass is 16.2. The number of amides is 1. The topological polar surface area (TPSA) is 41.1 Å². The first-order valence-corrected chi connectivity index (χ1v) is 7.92. The summed E-state index contributed by atoms with van der Waals surface area (Å²) in [4.78, 5) is 12.2. The van der Waals surface area contributed by atoms with Crippen LogP contribution in [0.2, 0.25) is 0 Å². The molecule has 1 aliphatic rings. The Kier molecular flexibility index (Phi) is 4.42. The van der Waals surface area contributed by atoms with E-state index >= 15 is 0 Å². The van der Waals surface area contributed by atoms with Crippen LogP contribution in [0.4, 0.5) is 5.69 Å². The Hall–Kier alpha value is -2.29. The van der Waals surface area contributed by atoms with Crippen LogP contribution in [-0.2, 0) is 24.2 Å². The molecule has 0 aromatic heterocycles.